The Hall–Kier alpha value is 0.330. The van der Waals surface area contributed by atoms with Crippen LogP contribution in [0.4, 0.5) is 0 Å². The number of hydrogen-bond donors (Lipinski definition) is 0. The first-order chi connectivity index (χ1) is 10.7. The first kappa shape index (κ1) is 17.2. The SMILES string of the molecule is ClC1(Cl)C=CC=CC1CCO[C@H]1CCCC[C@@H]1N1CCSC1. The van der Waals surface area contributed by atoms with Crippen LogP contribution in [0, 0.1) is 5.92 Å². The molecule has 3 rings (SSSR count). The molecule has 0 aromatic rings. The lowest BCUT2D eigenvalue weighted by Gasteiger charge is -2.37. The highest BCUT2D eigenvalue weighted by molar-refractivity contribution is 7.99. The molecule has 2 fully saturated rings. The highest BCUT2D eigenvalue weighted by Gasteiger charge is 2.34. The maximum atomic E-state index is 6.35. The van der Waals surface area contributed by atoms with E-state index in [1.165, 1.54) is 43.9 Å². The number of rotatable bonds is 5. The molecule has 0 aromatic heterocycles. The van der Waals surface area contributed by atoms with Gasteiger partial charge in [-0.1, -0.05) is 54.3 Å². The van der Waals surface area contributed by atoms with Gasteiger partial charge in [-0.2, -0.15) is 0 Å². The zero-order chi connectivity index (χ0) is 15.4. The van der Waals surface area contributed by atoms with Crippen LogP contribution < -0.4 is 0 Å². The van der Waals surface area contributed by atoms with Gasteiger partial charge >= 0.3 is 0 Å². The van der Waals surface area contributed by atoms with Crippen molar-refractivity contribution in [2.75, 3.05) is 24.8 Å². The van der Waals surface area contributed by atoms with Crippen LogP contribution in [-0.4, -0.2) is 46.2 Å². The molecule has 0 amide bonds. The summed E-state index contributed by atoms with van der Waals surface area (Å²) in [7, 11) is 0. The van der Waals surface area contributed by atoms with Gasteiger partial charge in [-0.05, 0) is 25.3 Å². The van der Waals surface area contributed by atoms with Crippen LogP contribution in [0.1, 0.15) is 32.1 Å². The smallest absolute Gasteiger partial charge is 0.142 e. The molecule has 2 nitrogen and oxygen atoms in total. The number of allylic oxidation sites excluding steroid dienone is 4. The Morgan fingerprint density at radius 3 is 2.86 bits per heavy atom. The first-order valence-corrected chi connectivity index (χ1v) is 10.2. The molecule has 0 N–H and O–H groups in total. The van der Waals surface area contributed by atoms with Crippen LogP contribution in [-0.2, 0) is 4.74 Å². The number of ether oxygens (including phenoxy) is 1. The van der Waals surface area contributed by atoms with Gasteiger partial charge < -0.3 is 4.74 Å². The summed E-state index contributed by atoms with van der Waals surface area (Å²) >= 11 is 14.7. The predicted octanol–water partition coefficient (Wildman–Crippen LogP) is 4.63. The van der Waals surface area contributed by atoms with Gasteiger partial charge in [-0.25, -0.2) is 0 Å². The molecule has 0 spiro atoms. The Morgan fingerprint density at radius 2 is 2.09 bits per heavy atom. The lowest BCUT2D eigenvalue weighted by Crippen LogP contribution is -2.45. The lowest BCUT2D eigenvalue weighted by atomic mass is 9.91. The van der Waals surface area contributed by atoms with Crippen LogP contribution in [0.25, 0.3) is 0 Å². The molecule has 3 atom stereocenters. The number of thioether (sulfide) groups is 1. The molecule has 1 saturated heterocycles. The molecule has 124 valence electrons. The highest BCUT2D eigenvalue weighted by Crippen LogP contribution is 2.38. The Bertz CT molecular complexity index is 421. The molecule has 1 saturated carbocycles. The van der Waals surface area contributed by atoms with Gasteiger partial charge in [0.25, 0.3) is 0 Å². The molecule has 3 aliphatic rings. The van der Waals surface area contributed by atoms with Gasteiger partial charge in [0.2, 0.25) is 0 Å². The summed E-state index contributed by atoms with van der Waals surface area (Å²) in [5.74, 6) is 2.58. The van der Waals surface area contributed by atoms with Crippen molar-refractivity contribution in [1.29, 1.82) is 0 Å². The summed E-state index contributed by atoms with van der Waals surface area (Å²) in [5.41, 5.74) is 0. The Morgan fingerprint density at radius 1 is 1.23 bits per heavy atom. The summed E-state index contributed by atoms with van der Waals surface area (Å²) in [6, 6.07) is 0.613. The van der Waals surface area contributed by atoms with E-state index in [-0.39, 0.29) is 5.92 Å². The maximum Gasteiger partial charge on any atom is 0.142 e. The van der Waals surface area contributed by atoms with Crippen LogP contribution in [0.15, 0.2) is 24.3 Å². The molecule has 1 unspecified atom stereocenters. The third-order valence-electron chi connectivity index (χ3n) is 4.94. The maximum absolute atomic E-state index is 6.35. The second-order valence-electron chi connectivity index (χ2n) is 6.42. The van der Waals surface area contributed by atoms with Crippen LogP contribution >= 0.6 is 35.0 Å². The van der Waals surface area contributed by atoms with Gasteiger partial charge in [0, 0.05) is 36.7 Å². The summed E-state index contributed by atoms with van der Waals surface area (Å²) in [5, 5.41) is 0. The minimum absolute atomic E-state index is 0.144. The highest BCUT2D eigenvalue weighted by atomic mass is 35.5. The molecular formula is C17H25Cl2NOS. The van der Waals surface area contributed by atoms with Crippen molar-refractivity contribution in [2.24, 2.45) is 5.92 Å². The van der Waals surface area contributed by atoms with Gasteiger partial charge in [-0.15, -0.1) is 11.8 Å². The number of nitrogens with zero attached hydrogens (tertiary/aromatic N) is 1. The van der Waals surface area contributed by atoms with E-state index in [2.05, 4.69) is 11.0 Å². The molecule has 22 heavy (non-hydrogen) atoms. The molecular weight excluding hydrogens is 337 g/mol. The Balaban J connectivity index is 1.49. The van der Waals surface area contributed by atoms with E-state index in [0.29, 0.717) is 12.1 Å². The average Bonchev–Trinajstić information content (AvgIpc) is 3.03. The van der Waals surface area contributed by atoms with Gasteiger partial charge in [-0.3, -0.25) is 4.90 Å². The molecule has 1 aliphatic heterocycles. The average molecular weight is 362 g/mol. The van der Waals surface area contributed by atoms with E-state index in [1.54, 1.807) is 0 Å². The zero-order valence-corrected chi connectivity index (χ0v) is 15.3. The number of alkyl halides is 2. The van der Waals surface area contributed by atoms with Crippen molar-refractivity contribution in [2.45, 2.75) is 48.6 Å². The van der Waals surface area contributed by atoms with E-state index in [9.17, 15) is 0 Å². The molecule has 5 heteroatoms. The summed E-state index contributed by atoms with van der Waals surface area (Å²) < 4.78 is 5.50. The van der Waals surface area contributed by atoms with Gasteiger partial charge in [0.05, 0.1) is 6.10 Å². The van der Waals surface area contributed by atoms with E-state index < -0.39 is 4.33 Å². The third kappa shape index (κ3) is 4.24. The van der Waals surface area contributed by atoms with Crippen molar-refractivity contribution < 1.29 is 4.74 Å². The fourth-order valence-electron chi connectivity index (χ4n) is 3.65. The van der Waals surface area contributed by atoms with Crippen LogP contribution in [0.5, 0.6) is 0 Å². The molecule has 1 heterocycles. The second kappa shape index (κ2) is 7.94. The monoisotopic (exact) mass is 361 g/mol. The van der Waals surface area contributed by atoms with Crippen molar-refractivity contribution in [3.8, 4) is 0 Å². The van der Waals surface area contributed by atoms with Crippen molar-refractivity contribution in [3.05, 3.63) is 24.3 Å². The van der Waals surface area contributed by atoms with Crippen molar-refractivity contribution in [1.82, 2.24) is 4.90 Å². The third-order valence-corrected chi connectivity index (χ3v) is 6.74. The summed E-state index contributed by atoms with van der Waals surface area (Å²) in [4.78, 5) is 2.62. The zero-order valence-electron chi connectivity index (χ0n) is 12.9. The normalized spacial score (nSPS) is 35.1. The molecule has 0 radical (unpaired) electrons. The minimum atomic E-state index is -0.782. The minimum Gasteiger partial charge on any atom is -0.377 e. The fraction of sp³-hybridized carbons (Fsp3) is 0.765. The van der Waals surface area contributed by atoms with E-state index in [0.717, 1.165) is 13.0 Å². The molecule has 2 aliphatic carbocycles. The van der Waals surface area contributed by atoms with E-state index >= 15 is 0 Å². The quantitative estimate of drug-likeness (QED) is 0.662. The topological polar surface area (TPSA) is 12.5 Å². The lowest BCUT2D eigenvalue weighted by molar-refractivity contribution is -0.0313. The van der Waals surface area contributed by atoms with Crippen LogP contribution in [0.2, 0.25) is 0 Å². The molecule has 0 bridgehead atoms. The number of halogens is 2. The van der Waals surface area contributed by atoms with Crippen molar-refractivity contribution in [3.63, 3.8) is 0 Å². The molecule has 0 aromatic carbocycles. The first-order valence-electron chi connectivity index (χ1n) is 8.34. The van der Waals surface area contributed by atoms with E-state index in [1.807, 2.05) is 30.0 Å². The summed E-state index contributed by atoms with van der Waals surface area (Å²) in [6.45, 7) is 1.96. The van der Waals surface area contributed by atoms with Crippen LogP contribution in [0.3, 0.4) is 0 Å². The second-order valence-corrected chi connectivity index (χ2v) is 8.94. The largest absolute Gasteiger partial charge is 0.377 e. The Kier molecular flexibility index (Phi) is 6.19. The summed E-state index contributed by atoms with van der Waals surface area (Å²) in [6.07, 6.45) is 14.3. The van der Waals surface area contributed by atoms with E-state index in [4.69, 9.17) is 27.9 Å². The Labute approximate surface area is 148 Å². The van der Waals surface area contributed by atoms with Crippen molar-refractivity contribution >= 4 is 35.0 Å². The standard InChI is InChI=1S/C17H25Cl2NOS/c18-17(19)9-4-3-5-14(17)8-11-21-16-7-2-1-6-15(16)20-10-12-22-13-20/h3-5,9,14-16H,1-2,6-8,10-13H2/t14?,15-,16-/m0/s1. The van der Waals surface area contributed by atoms with Gasteiger partial charge in [0.15, 0.2) is 0 Å². The number of hydrogen-bond acceptors (Lipinski definition) is 3. The fourth-order valence-corrected chi connectivity index (χ4v) is 5.21. The predicted molar refractivity (Wildman–Crippen MR) is 96.9 cm³/mol. The van der Waals surface area contributed by atoms with Gasteiger partial charge in [0.1, 0.15) is 4.33 Å².